The molecule has 19 heavy (non-hydrogen) atoms. The SMILES string of the molecule is CCOC(CC)c1noc(-c2ccc(F)cc2N)n1. The molecule has 0 spiro atoms. The van der Waals surface area contributed by atoms with Crippen LogP contribution in [0.25, 0.3) is 11.5 Å². The third-order valence-electron chi connectivity index (χ3n) is 2.71. The Labute approximate surface area is 110 Å². The van der Waals surface area contributed by atoms with Crippen molar-refractivity contribution in [1.82, 2.24) is 10.1 Å². The van der Waals surface area contributed by atoms with Crippen LogP contribution >= 0.6 is 0 Å². The second-order valence-corrected chi connectivity index (χ2v) is 4.04. The number of nitrogen functional groups attached to an aromatic ring is 1. The van der Waals surface area contributed by atoms with E-state index in [0.29, 0.717) is 18.0 Å². The summed E-state index contributed by atoms with van der Waals surface area (Å²) in [4.78, 5) is 4.26. The quantitative estimate of drug-likeness (QED) is 0.841. The molecule has 0 aliphatic rings. The standard InChI is InChI=1S/C13H16FN3O2/c1-3-11(18-4-2)12-16-13(19-17-12)9-6-5-8(14)7-10(9)15/h5-7,11H,3-4,15H2,1-2H3. The maximum atomic E-state index is 13.0. The molecule has 0 fully saturated rings. The number of anilines is 1. The van der Waals surface area contributed by atoms with Crippen LogP contribution in [-0.2, 0) is 4.74 Å². The second-order valence-electron chi connectivity index (χ2n) is 4.04. The summed E-state index contributed by atoms with van der Waals surface area (Å²) in [5, 5.41) is 3.89. The number of nitrogens with zero attached hydrogens (tertiary/aromatic N) is 2. The molecule has 6 heteroatoms. The second kappa shape index (κ2) is 5.79. The molecule has 1 heterocycles. The minimum Gasteiger partial charge on any atom is -0.398 e. The number of halogens is 1. The van der Waals surface area contributed by atoms with Gasteiger partial charge in [0.1, 0.15) is 11.9 Å². The third kappa shape index (κ3) is 2.90. The number of aromatic nitrogens is 2. The van der Waals surface area contributed by atoms with Crippen molar-refractivity contribution in [2.24, 2.45) is 0 Å². The van der Waals surface area contributed by atoms with Crippen LogP contribution in [-0.4, -0.2) is 16.7 Å². The molecule has 1 unspecified atom stereocenters. The maximum Gasteiger partial charge on any atom is 0.260 e. The fraction of sp³-hybridized carbons (Fsp3) is 0.385. The Bertz CT molecular complexity index is 557. The van der Waals surface area contributed by atoms with E-state index in [-0.39, 0.29) is 17.7 Å². The van der Waals surface area contributed by atoms with Crippen molar-refractivity contribution in [3.63, 3.8) is 0 Å². The highest BCUT2D eigenvalue weighted by Crippen LogP contribution is 2.27. The summed E-state index contributed by atoms with van der Waals surface area (Å²) in [6, 6.07) is 4.04. The molecule has 2 aromatic rings. The first-order valence-corrected chi connectivity index (χ1v) is 6.16. The number of nitrogens with two attached hydrogens (primary N) is 1. The summed E-state index contributed by atoms with van der Waals surface area (Å²) in [5.74, 6) is 0.343. The molecule has 0 bridgehead atoms. The van der Waals surface area contributed by atoms with Crippen molar-refractivity contribution in [2.45, 2.75) is 26.4 Å². The van der Waals surface area contributed by atoms with Crippen molar-refractivity contribution >= 4 is 5.69 Å². The van der Waals surface area contributed by atoms with Crippen molar-refractivity contribution in [2.75, 3.05) is 12.3 Å². The fourth-order valence-electron chi connectivity index (χ4n) is 1.78. The Kier molecular flexibility index (Phi) is 4.11. The maximum absolute atomic E-state index is 13.0. The number of benzene rings is 1. The molecule has 0 saturated heterocycles. The van der Waals surface area contributed by atoms with Crippen LogP contribution in [0.4, 0.5) is 10.1 Å². The van der Waals surface area contributed by atoms with Crippen molar-refractivity contribution in [3.05, 3.63) is 29.8 Å². The number of hydrogen-bond donors (Lipinski definition) is 1. The largest absolute Gasteiger partial charge is 0.398 e. The summed E-state index contributed by atoms with van der Waals surface area (Å²) < 4.78 is 23.6. The van der Waals surface area contributed by atoms with E-state index in [1.807, 2.05) is 13.8 Å². The highest BCUT2D eigenvalue weighted by Gasteiger charge is 2.18. The Morgan fingerprint density at radius 2 is 2.21 bits per heavy atom. The first-order valence-electron chi connectivity index (χ1n) is 6.16. The van der Waals surface area contributed by atoms with Gasteiger partial charge in [0, 0.05) is 12.3 Å². The van der Waals surface area contributed by atoms with Gasteiger partial charge in [0.2, 0.25) is 5.82 Å². The predicted molar refractivity (Wildman–Crippen MR) is 68.8 cm³/mol. The van der Waals surface area contributed by atoms with Gasteiger partial charge < -0.3 is 15.0 Å². The van der Waals surface area contributed by atoms with Gasteiger partial charge in [-0.25, -0.2) is 4.39 Å². The molecule has 5 nitrogen and oxygen atoms in total. The zero-order chi connectivity index (χ0) is 13.8. The Hall–Kier alpha value is -1.95. The van der Waals surface area contributed by atoms with E-state index in [0.717, 1.165) is 6.42 Å². The van der Waals surface area contributed by atoms with Crippen LogP contribution < -0.4 is 5.73 Å². The lowest BCUT2D eigenvalue weighted by molar-refractivity contribution is 0.0518. The van der Waals surface area contributed by atoms with Crippen molar-refractivity contribution in [3.8, 4) is 11.5 Å². The lowest BCUT2D eigenvalue weighted by Gasteiger charge is -2.09. The Balaban J connectivity index is 2.29. The van der Waals surface area contributed by atoms with Gasteiger partial charge in [0.05, 0.1) is 5.56 Å². The molecule has 0 saturated carbocycles. The first-order chi connectivity index (χ1) is 9.15. The molecule has 2 N–H and O–H groups in total. The lowest BCUT2D eigenvalue weighted by Crippen LogP contribution is -2.04. The van der Waals surface area contributed by atoms with E-state index in [1.165, 1.54) is 18.2 Å². The first kappa shape index (κ1) is 13.5. The van der Waals surface area contributed by atoms with Gasteiger partial charge >= 0.3 is 0 Å². The van der Waals surface area contributed by atoms with Gasteiger partial charge in [-0.15, -0.1) is 0 Å². The van der Waals surface area contributed by atoms with Crippen LogP contribution in [0.1, 0.15) is 32.2 Å². The molecule has 0 amide bonds. The minimum absolute atomic E-state index is 0.204. The Morgan fingerprint density at radius 1 is 1.42 bits per heavy atom. The van der Waals surface area contributed by atoms with Gasteiger partial charge in [-0.05, 0) is 31.5 Å². The van der Waals surface area contributed by atoms with E-state index in [4.69, 9.17) is 15.0 Å². The molecule has 0 aliphatic carbocycles. The molecular formula is C13H16FN3O2. The number of hydrogen-bond acceptors (Lipinski definition) is 5. The molecule has 1 atom stereocenters. The van der Waals surface area contributed by atoms with Crippen molar-refractivity contribution in [1.29, 1.82) is 0 Å². The summed E-state index contributed by atoms with van der Waals surface area (Å²) in [6.07, 6.45) is 0.537. The van der Waals surface area contributed by atoms with Crippen LogP contribution in [0, 0.1) is 5.82 Å². The van der Waals surface area contributed by atoms with E-state index in [9.17, 15) is 4.39 Å². The van der Waals surface area contributed by atoms with Crippen LogP contribution in [0.3, 0.4) is 0 Å². The van der Waals surface area contributed by atoms with E-state index < -0.39 is 5.82 Å². The lowest BCUT2D eigenvalue weighted by atomic mass is 10.2. The van der Waals surface area contributed by atoms with Gasteiger partial charge in [0.15, 0.2) is 0 Å². The van der Waals surface area contributed by atoms with Crippen LogP contribution in [0.5, 0.6) is 0 Å². The zero-order valence-corrected chi connectivity index (χ0v) is 10.9. The van der Waals surface area contributed by atoms with Gasteiger partial charge in [0.25, 0.3) is 5.89 Å². The molecule has 2 rings (SSSR count). The fourth-order valence-corrected chi connectivity index (χ4v) is 1.78. The van der Waals surface area contributed by atoms with Crippen molar-refractivity contribution < 1.29 is 13.7 Å². The van der Waals surface area contributed by atoms with Gasteiger partial charge in [-0.2, -0.15) is 4.98 Å². The Morgan fingerprint density at radius 3 is 2.84 bits per heavy atom. The summed E-state index contributed by atoms with van der Waals surface area (Å²) in [7, 11) is 0. The number of ether oxygens (including phenoxy) is 1. The van der Waals surface area contributed by atoms with E-state index in [2.05, 4.69) is 10.1 Å². The van der Waals surface area contributed by atoms with Gasteiger partial charge in [-0.1, -0.05) is 12.1 Å². The van der Waals surface area contributed by atoms with E-state index >= 15 is 0 Å². The third-order valence-corrected chi connectivity index (χ3v) is 2.71. The highest BCUT2D eigenvalue weighted by atomic mass is 19.1. The summed E-state index contributed by atoms with van der Waals surface area (Å²) >= 11 is 0. The van der Waals surface area contributed by atoms with Crippen LogP contribution in [0.2, 0.25) is 0 Å². The molecule has 1 aromatic heterocycles. The predicted octanol–water partition coefficient (Wildman–Crippen LogP) is 2.95. The average molecular weight is 265 g/mol. The number of rotatable bonds is 5. The topological polar surface area (TPSA) is 74.2 Å². The summed E-state index contributed by atoms with van der Waals surface area (Å²) in [5.41, 5.74) is 6.51. The molecule has 0 radical (unpaired) electrons. The zero-order valence-electron chi connectivity index (χ0n) is 10.9. The highest BCUT2D eigenvalue weighted by molar-refractivity contribution is 5.70. The monoisotopic (exact) mass is 265 g/mol. The molecule has 1 aromatic carbocycles. The normalized spacial score (nSPS) is 12.6. The van der Waals surface area contributed by atoms with E-state index in [1.54, 1.807) is 0 Å². The molecular weight excluding hydrogens is 249 g/mol. The minimum atomic E-state index is -0.401. The smallest absolute Gasteiger partial charge is 0.260 e. The molecule has 0 aliphatic heterocycles. The van der Waals surface area contributed by atoms with Gasteiger partial charge in [-0.3, -0.25) is 0 Å². The molecule has 102 valence electrons. The summed E-state index contributed by atoms with van der Waals surface area (Å²) in [6.45, 7) is 4.45. The average Bonchev–Trinajstić information content (AvgIpc) is 2.85. The van der Waals surface area contributed by atoms with Crippen LogP contribution in [0.15, 0.2) is 22.7 Å².